The molecule has 0 radical (unpaired) electrons. The van der Waals surface area contributed by atoms with Crippen molar-refractivity contribution in [3.63, 3.8) is 0 Å². The lowest BCUT2D eigenvalue weighted by Gasteiger charge is -2.45. The van der Waals surface area contributed by atoms with Crippen molar-refractivity contribution in [2.45, 2.75) is 18.9 Å². The average Bonchev–Trinajstić information content (AvgIpc) is 2.63. The zero-order valence-electron chi connectivity index (χ0n) is 9.86. The highest BCUT2D eigenvalue weighted by Crippen LogP contribution is 2.40. The molecule has 0 bridgehead atoms. The Balaban J connectivity index is 1.59. The van der Waals surface area contributed by atoms with E-state index in [4.69, 9.17) is 4.74 Å². The first kappa shape index (κ1) is 10.3. The summed E-state index contributed by atoms with van der Waals surface area (Å²) in [5.41, 5.74) is 1.89. The molecule has 16 heavy (non-hydrogen) atoms. The molecule has 86 valence electrons. The van der Waals surface area contributed by atoms with Crippen LogP contribution in [0.2, 0.25) is 0 Å². The molecule has 0 aliphatic carbocycles. The Kier molecular flexibility index (Phi) is 2.49. The average molecular weight is 217 g/mol. The van der Waals surface area contributed by atoms with Gasteiger partial charge in [0.1, 0.15) is 0 Å². The van der Waals surface area contributed by atoms with Gasteiger partial charge in [-0.05, 0) is 25.5 Å². The lowest BCUT2D eigenvalue weighted by Crippen LogP contribution is -2.54. The van der Waals surface area contributed by atoms with Crippen LogP contribution in [0.15, 0.2) is 30.3 Å². The minimum Gasteiger partial charge on any atom is -0.377 e. The highest BCUT2D eigenvalue weighted by atomic mass is 16.5. The van der Waals surface area contributed by atoms with Crippen LogP contribution in [-0.2, 0) is 11.2 Å². The van der Waals surface area contributed by atoms with Crippen molar-refractivity contribution in [1.82, 2.24) is 4.90 Å². The van der Waals surface area contributed by atoms with Gasteiger partial charge in [0, 0.05) is 18.5 Å². The smallest absolute Gasteiger partial charge is 0.0622 e. The van der Waals surface area contributed by atoms with Gasteiger partial charge in [0.25, 0.3) is 0 Å². The van der Waals surface area contributed by atoms with Crippen molar-refractivity contribution < 1.29 is 4.74 Å². The Morgan fingerprint density at radius 1 is 1.31 bits per heavy atom. The van der Waals surface area contributed by atoms with Gasteiger partial charge in [-0.25, -0.2) is 0 Å². The molecule has 0 saturated carbocycles. The second kappa shape index (κ2) is 3.86. The van der Waals surface area contributed by atoms with Crippen molar-refractivity contribution in [3.05, 3.63) is 35.9 Å². The third kappa shape index (κ3) is 1.87. The molecular formula is C14H19NO. The maximum atomic E-state index is 5.94. The Labute approximate surface area is 97.2 Å². The number of likely N-dealkylation sites (tertiary alicyclic amines) is 1. The molecule has 2 saturated heterocycles. The second-order valence-corrected chi connectivity index (χ2v) is 5.50. The summed E-state index contributed by atoms with van der Waals surface area (Å²) >= 11 is 0. The third-order valence-electron chi connectivity index (χ3n) is 3.80. The molecule has 2 aliphatic rings. The van der Waals surface area contributed by atoms with E-state index in [9.17, 15) is 0 Å². The fraction of sp³-hybridized carbons (Fsp3) is 0.571. The molecule has 1 spiro atoms. The van der Waals surface area contributed by atoms with Crippen LogP contribution < -0.4 is 0 Å². The maximum Gasteiger partial charge on any atom is 0.0622 e. The third-order valence-corrected chi connectivity index (χ3v) is 3.80. The summed E-state index contributed by atoms with van der Waals surface area (Å²) in [6.45, 7) is 3.41. The molecule has 3 rings (SSSR count). The van der Waals surface area contributed by atoms with Gasteiger partial charge < -0.3 is 9.64 Å². The van der Waals surface area contributed by atoms with Gasteiger partial charge >= 0.3 is 0 Å². The summed E-state index contributed by atoms with van der Waals surface area (Å²) in [6.07, 6.45) is 2.76. The van der Waals surface area contributed by atoms with Crippen LogP contribution >= 0.6 is 0 Å². The zero-order valence-corrected chi connectivity index (χ0v) is 9.86. The van der Waals surface area contributed by atoms with Crippen LogP contribution in [0.1, 0.15) is 12.0 Å². The Morgan fingerprint density at radius 2 is 2.06 bits per heavy atom. The maximum absolute atomic E-state index is 5.94. The second-order valence-electron chi connectivity index (χ2n) is 5.50. The summed E-state index contributed by atoms with van der Waals surface area (Å²) in [5.74, 6) is 0. The molecule has 2 heterocycles. The number of rotatable bonds is 2. The topological polar surface area (TPSA) is 12.5 Å². The first-order valence-electron chi connectivity index (χ1n) is 6.10. The van der Waals surface area contributed by atoms with Crippen LogP contribution in [-0.4, -0.2) is 37.7 Å². The molecule has 0 amide bonds. The van der Waals surface area contributed by atoms with Crippen LogP contribution in [0, 0.1) is 5.41 Å². The predicted molar refractivity (Wildman–Crippen MR) is 64.4 cm³/mol. The number of benzene rings is 1. The van der Waals surface area contributed by atoms with Gasteiger partial charge in [-0.2, -0.15) is 0 Å². The van der Waals surface area contributed by atoms with Crippen molar-refractivity contribution in [1.29, 1.82) is 0 Å². The Morgan fingerprint density at radius 3 is 2.75 bits per heavy atom. The first-order chi connectivity index (χ1) is 7.76. The number of hydrogen-bond donors (Lipinski definition) is 0. The lowest BCUT2D eigenvalue weighted by molar-refractivity contribution is 0.00901. The zero-order chi connectivity index (χ0) is 11.0. The number of ether oxygens (including phenoxy) is 1. The van der Waals surface area contributed by atoms with E-state index in [-0.39, 0.29) is 0 Å². The van der Waals surface area contributed by atoms with Crippen molar-refractivity contribution in [2.24, 2.45) is 5.41 Å². The van der Waals surface area contributed by atoms with Crippen molar-refractivity contribution >= 4 is 0 Å². The Bertz CT molecular complexity index is 356. The van der Waals surface area contributed by atoms with E-state index in [1.54, 1.807) is 0 Å². The highest BCUT2D eigenvalue weighted by molar-refractivity contribution is 5.16. The van der Waals surface area contributed by atoms with Crippen LogP contribution in [0.4, 0.5) is 0 Å². The summed E-state index contributed by atoms with van der Waals surface area (Å²) in [4.78, 5) is 2.38. The predicted octanol–water partition coefficient (Wildman–Crippen LogP) is 1.95. The molecule has 1 atom stereocenters. The van der Waals surface area contributed by atoms with Crippen LogP contribution in [0.25, 0.3) is 0 Å². The molecule has 2 nitrogen and oxygen atoms in total. The van der Waals surface area contributed by atoms with E-state index < -0.39 is 0 Å². The standard InChI is InChI=1S/C14H19NO/c1-15-9-14(10-15)8-13(16-11-14)7-12-5-3-2-4-6-12/h2-6,13H,7-11H2,1H3/t13-/m0/s1. The molecule has 2 heteroatoms. The number of hydrogen-bond acceptors (Lipinski definition) is 2. The van der Waals surface area contributed by atoms with E-state index in [0.29, 0.717) is 11.5 Å². The van der Waals surface area contributed by atoms with E-state index in [2.05, 4.69) is 42.3 Å². The minimum absolute atomic E-state index is 0.441. The largest absolute Gasteiger partial charge is 0.377 e. The minimum atomic E-state index is 0.441. The summed E-state index contributed by atoms with van der Waals surface area (Å²) in [6, 6.07) is 10.7. The number of nitrogens with zero attached hydrogens (tertiary/aromatic N) is 1. The summed E-state index contributed by atoms with van der Waals surface area (Å²) < 4.78 is 5.94. The van der Waals surface area contributed by atoms with Gasteiger partial charge in [0.05, 0.1) is 12.7 Å². The molecule has 2 aliphatic heterocycles. The van der Waals surface area contributed by atoms with Gasteiger partial charge in [-0.1, -0.05) is 30.3 Å². The van der Waals surface area contributed by atoms with Crippen molar-refractivity contribution in [3.8, 4) is 0 Å². The fourth-order valence-electron chi connectivity index (χ4n) is 3.22. The fourth-order valence-corrected chi connectivity index (χ4v) is 3.22. The van der Waals surface area contributed by atoms with Crippen molar-refractivity contribution in [2.75, 3.05) is 26.7 Å². The van der Waals surface area contributed by atoms with Gasteiger partial charge in [-0.3, -0.25) is 0 Å². The SMILES string of the molecule is CN1CC2(CO[C@@H](Cc3ccccc3)C2)C1. The van der Waals surface area contributed by atoms with Gasteiger partial charge in [0.15, 0.2) is 0 Å². The van der Waals surface area contributed by atoms with E-state index >= 15 is 0 Å². The molecule has 2 fully saturated rings. The summed E-state index contributed by atoms with van der Waals surface area (Å²) in [5, 5.41) is 0. The quantitative estimate of drug-likeness (QED) is 0.750. The van der Waals surface area contributed by atoms with Gasteiger partial charge in [-0.15, -0.1) is 0 Å². The van der Waals surface area contributed by atoms with E-state index in [0.717, 1.165) is 13.0 Å². The van der Waals surface area contributed by atoms with Crippen LogP contribution in [0.5, 0.6) is 0 Å². The molecule has 0 N–H and O–H groups in total. The molecule has 0 unspecified atom stereocenters. The normalized spacial score (nSPS) is 28.2. The lowest BCUT2D eigenvalue weighted by atomic mass is 9.78. The van der Waals surface area contributed by atoms with Gasteiger partial charge in [0.2, 0.25) is 0 Å². The molecular weight excluding hydrogens is 198 g/mol. The Hall–Kier alpha value is -0.860. The van der Waals surface area contributed by atoms with E-state index in [1.165, 1.54) is 25.1 Å². The molecule has 1 aromatic rings. The first-order valence-corrected chi connectivity index (χ1v) is 6.10. The monoisotopic (exact) mass is 217 g/mol. The highest BCUT2D eigenvalue weighted by Gasteiger charge is 2.47. The molecule has 0 aromatic heterocycles. The summed E-state index contributed by atoms with van der Waals surface area (Å²) in [7, 11) is 2.19. The van der Waals surface area contributed by atoms with E-state index in [1.807, 2.05) is 0 Å². The molecule has 1 aromatic carbocycles. The van der Waals surface area contributed by atoms with Crippen LogP contribution in [0.3, 0.4) is 0 Å².